The predicted molar refractivity (Wildman–Crippen MR) is 306 cm³/mol. The molecule has 3 aromatic carbocycles. The van der Waals surface area contributed by atoms with Crippen molar-refractivity contribution in [2.45, 2.75) is 97.8 Å². The molecule has 0 unspecified atom stereocenters. The molecule has 21 heteroatoms. The fourth-order valence-corrected chi connectivity index (χ4v) is 17.8. The molecule has 1 N–H and O–H groups in total. The first kappa shape index (κ1) is 54.4. The first-order valence-corrected chi connectivity index (χ1v) is 30.2. The van der Waals surface area contributed by atoms with Crippen molar-refractivity contribution in [2.24, 2.45) is 21.7 Å². The van der Waals surface area contributed by atoms with Crippen molar-refractivity contribution >= 4 is 180 Å². The van der Waals surface area contributed by atoms with Crippen LogP contribution in [-0.2, 0) is 33.6 Å². The third kappa shape index (κ3) is 8.50. The van der Waals surface area contributed by atoms with Gasteiger partial charge in [-0.1, -0.05) is 0 Å². The Morgan fingerprint density at radius 2 is 0.870 bits per heavy atom. The zero-order valence-electron chi connectivity index (χ0n) is 42.8. The summed E-state index contributed by atoms with van der Waals surface area (Å²) in [7, 11) is 0. The quantitative estimate of drug-likeness (QED) is 0.0600. The summed E-state index contributed by atoms with van der Waals surface area (Å²) >= 11 is 34.4. The fourth-order valence-electron chi connectivity index (χ4n) is 13.6. The average Bonchev–Trinajstić information content (AvgIpc) is 4.34. The predicted octanol–water partition coefficient (Wildman–Crippen LogP) is 13.4. The molecule has 3 aromatic heterocycles. The number of alkyl halides is 3. The van der Waals surface area contributed by atoms with Crippen LogP contribution >= 0.6 is 92.0 Å². The zero-order valence-corrected chi connectivity index (χ0v) is 49.0. The lowest BCUT2D eigenvalue weighted by Gasteiger charge is -2.69. The molecule has 6 heterocycles. The minimum atomic E-state index is -0.625. The summed E-state index contributed by atoms with van der Waals surface area (Å²) in [6.07, 6.45) is 3.14. The molecule has 15 rings (SSSR count). The number of carbonyl (C=O) groups excluding carboxylic acids is 7. The van der Waals surface area contributed by atoms with E-state index in [0.717, 1.165) is 70.7 Å². The van der Waals surface area contributed by atoms with Crippen molar-refractivity contribution in [1.29, 1.82) is 0 Å². The fraction of sp³-hybridized carbons (Fsp3) is 0.446. The molecule has 13 nitrogen and oxygen atoms in total. The van der Waals surface area contributed by atoms with Crippen molar-refractivity contribution in [3.05, 3.63) is 67.7 Å². The Morgan fingerprint density at radius 3 is 1.21 bits per heavy atom. The molecule has 0 saturated heterocycles. The van der Waals surface area contributed by atoms with Gasteiger partial charge in [-0.15, -0.1) is 68.8 Å². The molecule has 6 aliphatic carbocycles. The van der Waals surface area contributed by atoms with E-state index in [-0.39, 0.29) is 50.9 Å². The van der Waals surface area contributed by atoms with Crippen LogP contribution in [0.2, 0.25) is 0 Å². The van der Waals surface area contributed by atoms with Gasteiger partial charge in [0, 0.05) is 127 Å². The van der Waals surface area contributed by atoms with Gasteiger partial charge in [-0.05, 0) is 132 Å². The Hall–Kier alpha value is -4.52. The molecule has 6 aromatic rings. The Kier molecular flexibility index (Phi) is 13.9. The van der Waals surface area contributed by atoms with E-state index in [1.54, 1.807) is 11.3 Å². The van der Waals surface area contributed by atoms with E-state index in [1.807, 2.05) is 52.6 Å². The average molecular weight is 1200 g/mol. The molecule has 3 aliphatic heterocycles. The van der Waals surface area contributed by atoms with E-state index in [4.69, 9.17) is 72.2 Å². The summed E-state index contributed by atoms with van der Waals surface area (Å²) in [6.45, 7) is 12.0. The van der Waals surface area contributed by atoms with Crippen molar-refractivity contribution in [3.8, 4) is 17.2 Å². The topological polar surface area (TPSA) is 166 Å². The molecule has 6 saturated carbocycles. The molecular formula is C56H52Cl5N3O10S3. The normalized spacial score (nSPS) is 26.3. The number of thiophene rings is 3. The minimum Gasteiger partial charge on any atom is -0.425 e. The van der Waals surface area contributed by atoms with Crippen LogP contribution in [0, 0.1) is 42.4 Å². The Balaban J connectivity index is 0.000000170. The molecule has 6 fully saturated rings. The molecule has 0 radical (unpaired) electrons. The lowest BCUT2D eigenvalue weighted by Crippen LogP contribution is -2.73. The first-order valence-electron chi connectivity index (χ1n) is 25.2. The molecule has 3 atom stereocenters. The smallest absolute Gasteiger partial charge is 0.308 e. The highest BCUT2D eigenvalue weighted by Crippen LogP contribution is 2.76. The number of nitrogens with zero attached hydrogens (tertiary/aromatic N) is 2. The minimum absolute atomic E-state index is 0.00439. The van der Waals surface area contributed by atoms with Gasteiger partial charge in [-0.2, -0.15) is 0 Å². The van der Waals surface area contributed by atoms with E-state index >= 15 is 0 Å². The first-order chi connectivity index (χ1) is 36.5. The second kappa shape index (κ2) is 19.6. The zero-order chi connectivity index (χ0) is 55.0. The van der Waals surface area contributed by atoms with E-state index in [1.165, 1.54) is 60.0 Å². The number of aryl methyl sites for hydroxylation is 3. The molecule has 404 valence electrons. The molecular weight excluding hydrogens is 1150 g/mol. The van der Waals surface area contributed by atoms with Gasteiger partial charge in [0.1, 0.15) is 0 Å². The van der Waals surface area contributed by atoms with Gasteiger partial charge in [0.15, 0.2) is 17.2 Å². The monoisotopic (exact) mass is 1200 g/mol. The number of halogens is 5. The van der Waals surface area contributed by atoms with E-state index in [0.29, 0.717) is 92.4 Å². The van der Waals surface area contributed by atoms with Gasteiger partial charge >= 0.3 is 17.9 Å². The highest BCUT2D eigenvalue weighted by molar-refractivity contribution is 7.18. The van der Waals surface area contributed by atoms with E-state index in [9.17, 15) is 33.6 Å². The maximum absolute atomic E-state index is 14.4. The SMILES string of the molecule is CC(=O)Oc1cc2c(c3c(C)csc13)[C@H](CCl)CN2.CC(=O)Oc1cc2c(c3c(C)csc13)[C@H](CCl)CN2C(=O)C12CC(C(=O)N3C[C@@H](CCl)c4c3cc(OC(C)=O)c3scc(C)c43)(C1)C2.O=C(Cl)C12CC(C(=O)Cl)(C1)C2. The number of esters is 3. The van der Waals surface area contributed by atoms with Crippen molar-refractivity contribution in [2.75, 3.05) is 52.4 Å². The van der Waals surface area contributed by atoms with Crippen LogP contribution in [0.25, 0.3) is 30.3 Å². The van der Waals surface area contributed by atoms with Crippen LogP contribution in [-0.4, -0.2) is 77.5 Å². The van der Waals surface area contributed by atoms with Crippen molar-refractivity contribution in [1.82, 2.24) is 0 Å². The Labute approximate surface area is 480 Å². The molecule has 0 spiro atoms. The van der Waals surface area contributed by atoms with E-state index in [2.05, 4.69) is 17.6 Å². The number of anilines is 3. The highest BCUT2D eigenvalue weighted by atomic mass is 35.5. The van der Waals surface area contributed by atoms with Crippen LogP contribution in [0.15, 0.2) is 34.3 Å². The number of fused-ring (bicyclic) bond motifs is 9. The third-order valence-electron chi connectivity index (χ3n) is 16.8. The molecule has 77 heavy (non-hydrogen) atoms. The van der Waals surface area contributed by atoms with Crippen LogP contribution in [0.5, 0.6) is 17.2 Å². The second-order valence-corrected chi connectivity index (χ2v) is 26.3. The van der Waals surface area contributed by atoms with Gasteiger partial charge in [-0.3, -0.25) is 33.6 Å². The van der Waals surface area contributed by atoms with Gasteiger partial charge in [-0.25, -0.2) is 0 Å². The third-order valence-corrected chi connectivity index (χ3v) is 22.1. The second-order valence-electron chi connectivity index (χ2n) is 22.1. The summed E-state index contributed by atoms with van der Waals surface area (Å²) in [5.41, 5.74) is 7.16. The van der Waals surface area contributed by atoms with E-state index < -0.39 is 22.8 Å². The maximum Gasteiger partial charge on any atom is 0.308 e. The lowest BCUT2D eigenvalue weighted by atomic mass is 9.34. The van der Waals surface area contributed by atoms with Gasteiger partial charge in [0.05, 0.1) is 36.3 Å². The summed E-state index contributed by atoms with van der Waals surface area (Å²) in [5.74, 6) is 1.90. The molecule has 4 bridgehead atoms. The number of hydrogen-bond acceptors (Lipinski definition) is 14. The summed E-state index contributed by atoms with van der Waals surface area (Å²) < 4.78 is 19.4. The number of carbonyl (C=O) groups is 7. The standard InChI is InChI=1S/C35H32Cl2N2O6S2.C14H14ClNO2S.C7H6Cl2O2/c1-16-11-46-30-24(44-18(3)40)5-22-28(26(16)30)20(7-36)9-38(22)32(42)34-13-35(14-34,15-34)33(43)39-10-21(8-37)29-23(39)6-25(45-19(4)41)31-27(29)17(2)12-47-31;1-7-6-19-14-11(18-8(2)17)3-10-13(12(7)14)9(4-15)5-16-10;8-4(10)6-1-7(2-6,3-6)5(9)11/h5-6,11-12,20-21H,7-10,13-15H2,1-4H3;3,6,9,16H,4-5H2,1-2H3;1-3H2/t20-,21-,34?,35?;9-;/m11./s1. The van der Waals surface area contributed by atoms with Crippen LogP contribution in [0.4, 0.5) is 17.1 Å². The van der Waals surface area contributed by atoms with Gasteiger partial charge in [0.25, 0.3) is 0 Å². The lowest BCUT2D eigenvalue weighted by molar-refractivity contribution is -0.205. The van der Waals surface area contributed by atoms with Crippen LogP contribution < -0.4 is 29.3 Å². The molecule has 9 aliphatic rings. The summed E-state index contributed by atoms with van der Waals surface area (Å²) in [4.78, 5) is 89.1. The number of ether oxygens (including phenoxy) is 3. The number of benzene rings is 3. The van der Waals surface area contributed by atoms with Crippen molar-refractivity contribution < 1.29 is 47.8 Å². The molecule has 2 amide bonds. The number of rotatable bonds is 10. The number of hydrogen-bond donors (Lipinski definition) is 1. The highest BCUT2D eigenvalue weighted by Gasteiger charge is 2.77. The maximum atomic E-state index is 14.4. The van der Waals surface area contributed by atoms with Crippen LogP contribution in [0.3, 0.4) is 0 Å². The van der Waals surface area contributed by atoms with Crippen LogP contribution in [0.1, 0.15) is 110 Å². The Morgan fingerprint density at radius 1 is 0.532 bits per heavy atom. The summed E-state index contributed by atoms with van der Waals surface area (Å²) in [5, 5.41) is 12.1. The number of nitrogens with one attached hydrogen (secondary N) is 1. The Bertz CT molecular complexity index is 3400. The largest absolute Gasteiger partial charge is 0.425 e. The number of amides is 2. The van der Waals surface area contributed by atoms with Crippen molar-refractivity contribution in [3.63, 3.8) is 0 Å². The summed E-state index contributed by atoms with van der Waals surface area (Å²) in [6, 6.07) is 5.54. The van der Waals surface area contributed by atoms with Gasteiger partial charge in [0.2, 0.25) is 22.3 Å². The van der Waals surface area contributed by atoms with Gasteiger partial charge < -0.3 is 29.3 Å².